The topological polar surface area (TPSA) is 117 Å². The highest BCUT2D eigenvalue weighted by Crippen LogP contribution is 2.40. The molecule has 0 saturated carbocycles. The van der Waals surface area contributed by atoms with E-state index in [9.17, 15) is 14.7 Å². The van der Waals surface area contributed by atoms with Crippen molar-refractivity contribution in [2.24, 2.45) is 0 Å². The molecule has 0 spiro atoms. The molecule has 0 bridgehead atoms. The summed E-state index contributed by atoms with van der Waals surface area (Å²) in [5, 5.41) is 10.8. The molecular weight excluding hydrogens is 506 g/mol. The van der Waals surface area contributed by atoms with E-state index in [1.807, 2.05) is 12.1 Å². The second-order valence-electron chi connectivity index (χ2n) is 9.17. The summed E-state index contributed by atoms with van der Waals surface area (Å²) < 4.78 is 32.7. The van der Waals surface area contributed by atoms with Gasteiger partial charge in [-0.1, -0.05) is 6.07 Å². The predicted molar refractivity (Wildman–Crippen MR) is 142 cm³/mol. The summed E-state index contributed by atoms with van der Waals surface area (Å²) >= 11 is 0. The van der Waals surface area contributed by atoms with Gasteiger partial charge in [0.2, 0.25) is 11.2 Å². The zero-order valence-electron chi connectivity index (χ0n) is 22.7. The van der Waals surface area contributed by atoms with Crippen LogP contribution in [0.25, 0.3) is 0 Å². The van der Waals surface area contributed by atoms with Crippen LogP contribution < -0.4 is 24.4 Å². The Kier molecular flexibility index (Phi) is 8.65. The maximum absolute atomic E-state index is 12.9. The van der Waals surface area contributed by atoms with Crippen LogP contribution in [0, 0.1) is 0 Å². The molecule has 10 heteroatoms. The van der Waals surface area contributed by atoms with Gasteiger partial charge in [-0.3, -0.25) is 14.5 Å². The maximum Gasteiger partial charge on any atom is 0.306 e. The van der Waals surface area contributed by atoms with E-state index in [4.69, 9.17) is 28.1 Å². The normalized spacial score (nSPS) is 13.8. The number of nitrogens with zero attached hydrogens (tertiary/aromatic N) is 1. The predicted octanol–water partition coefficient (Wildman–Crippen LogP) is 3.63. The number of carbonyl (C=O) groups is 1. The molecule has 1 aromatic heterocycles. The SMILES string of the molecule is COC(=O)C[C@H](c1ccc(OC)cc1OC)c1oc(CN2CCc3cc(OC)c(OC)cc3C2)cc(=O)c1O. The van der Waals surface area contributed by atoms with Crippen LogP contribution in [0.15, 0.2) is 45.6 Å². The summed E-state index contributed by atoms with van der Waals surface area (Å²) in [6.07, 6.45) is 0.594. The van der Waals surface area contributed by atoms with E-state index in [2.05, 4.69) is 4.90 Å². The number of fused-ring (bicyclic) bond motifs is 1. The third-order valence-corrected chi connectivity index (χ3v) is 6.91. The molecule has 0 radical (unpaired) electrons. The minimum Gasteiger partial charge on any atom is -0.502 e. The van der Waals surface area contributed by atoms with Gasteiger partial charge < -0.3 is 33.2 Å². The quantitative estimate of drug-likeness (QED) is 0.383. The number of methoxy groups -OCH3 is 5. The average Bonchev–Trinajstić information content (AvgIpc) is 2.96. The number of ether oxygens (including phenoxy) is 5. The number of carbonyl (C=O) groups excluding carboxylic acids is 1. The fourth-order valence-electron chi connectivity index (χ4n) is 4.87. The molecule has 39 heavy (non-hydrogen) atoms. The van der Waals surface area contributed by atoms with Crippen LogP contribution in [-0.2, 0) is 29.0 Å². The van der Waals surface area contributed by atoms with Crippen molar-refractivity contribution in [3.63, 3.8) is 0 Å². The van der Waals surface area contributed by atoms with Gasteiger partial charge in [0.1, 0.15) is 17.3 Å². The van der Waals surface area contributed by atoms with E-state index in [0.717, 1.165) is 18.5 Å². The smallest absolute Gasteiger partial charge is 0.306 e. The second kappa shape index (κ2) is 12.1. The maximum atomic E-state index is 12.9. The van der Waals surface area contributed by atoms with Crippen LogP contribution in [-0.4, -0.2) is 58.1 Å². The number of esters is 1. The lowest BCUT2D eigenvalue weighted by molar-refractivity contribution is -0.140. The van der Waals surface area contributed by atoms with Gasteiger partial charge in [-0.05, 0) is 35.7 Å². The molecule has 0 unspecified atom stereocenters. The van der Waals surface area contributed by atoms with Crippen molar-refractivity contribution < 1.29 is 38.0 Å². The lowest BCUT2D eigenvalue weighted by Gasteiger charge is -2.29. The monoisotopic (exact) mass is 539 g/mol. The Morgan fingerprint density at radius 1 is 0.949 bits per heavy atom. The molecular formula is C29H33NO9. The Hall–Kier alpha value is -4.18. The third kappa shape index (κ3) is 5.96. The van der Waals surface area contributed by atoms with Gasteiger partial charge >= 0.3 is 5.97 Å². The molecule has 0 saturated heterocycles. The van der Waals surface area contributed by atoms with E-state index in [0.29, 0.717) is 47.4 Å². The molecule has 1 N–H and O–H groups in total. The van der Waals surface area contributed by atoms with Gasteiger partial charge in [-0.25, -0.2) is 0 Å². The van der Waals surface area contributed by atoms with E-state index in [-0.39, 0.29) is 12.2 Å². The van der Waals surface area contributed by atoms with Crippen molar-refractivity contribution in [1.29, 1.82) is 0 Å². The van der Waals surface area contributed by atoms with Crippen molar-refractivity contribution in [2.45, 2.75) is 31.8 Å². The lowest BCUT2D eigenvalue weighted by Crippen LogP contribution is -2.30. The molecule has 2 heterocycles. The molecule has 3 aromatic rings. The lowest BCUT2D eigenvalue weighted by atomic mass is 9.91. The minimum absolute atomic E-state index is 0.0322. The first kappa shape index (κ1) is 27.8. The fraction of sp³-hybridized carbons (Fsp3) is 0.379. The average molecular weight is 540 g/mol. The molecule has 1 atom stereocenters. The largest absolute Gasteiger partial charge is 0.502 e. The molecule has 4 rings (SSSR count). The van der Waals surface area contributed by atoms with Crippen LogP contribution >= 0.6 is 0 Å². The Morgan fingerprint density at radius 2 is 1.64 bits per heavy atom. The van der Waals surface area contributed by atoms with Crippen LogP contribution in [0.4, 0.5) is 0 Å². The Bertz CT molecular complexity index is 1400. The van der Waals surface area contributed by atoms with E-state index >= 15 is 0 Å². The zero-order chi connectivity index (χ0) is 28.1. The van der Waals surface area contributed by atoms with E-state index in [1.54, 1.807) is 32.4 Å². The van der Waals surface area contributed by atoms with Crippen molar-refractivity contribution in [2.75, 3.05) is 42.1 Å². The standard InChI is InChI=1S/C29H33NO9/c1-34-19-6-7-21(24(13-19)35-2)22(14-27(32)38-5)29-28(33)23(31)12-20(39-29)16-30-9-8-17-10-25(36-3)26(37-4)11-18(17)15-30/h6-7,10-13,22,33H,8-9,14-16H2,1-5H3/t22-/m1/s1. The van der Waals surface area contributed by atoms with Gasteiger partial charge in [-0.2, -0.15) is 0 Å². The number of aromatic hydroxyl groups is 1. The molecule has 2 aromatic carbocycles. The van der Waals surface area contributed by atoms with Gasteiger partial charge in [0.25, 0.3) is 0 Å². The zero-order valence-corrected chi connectivity index (χ0v) is 22.7. The molecule has 0 fully saturated rings. The van der Waals surface area contributed by atoms with Crippen LogP contribution in [0.3, 0.4) is 0 Å². The highest BCUT2D eigenvalue weighted by Gasteiger charge is 2.30. The third-order valence-electron chi connectivity index (χ3n) is 6.91. The van der Waals surface area contributed by atoms with Crippen molar-refractivity contribution in [3.05, 3.63) is 74.8 Å². The Balaban J connectivity index is 1.69. The Morgan fingerprint density at radius 3 is 2.28 bits per heavy atom. The van der Waals surface area contributed by atoms with Gasteiger partial charge in [-0.15, -0.1) is 0 Å². The number of hydrogen-bond acceptors (Lipinski definition) is 10. The van der Waals surface area contributed by atoms with Gasteiger partial charge in [0.15, 0.2) is 17.3 Å². The first-order valence-corrected chi connectivity index (χ1v) is 12.4. The summed E-state index contributed by atoms with van der Waals surface area (Å²) in [6, 6.07) is 10.3. The molecule has 208 valence electrons. The molecule has 10 nitrogen and oxygen atoms in total. The van der Waals surface area contributed by atoms with Crippen LogP contribution in [0.1, 0.15) is 40.5 Å². The van der Waals surface area contributed by atoms with Gasteiger partial charge in [0.05, 0.1) is 54.4 Å². The number of hydrogen-bond donors (Lipinski definition) is 1. The fourth-order valence-corrected chi connectivity index (χ4v) is 4.87. The molecule has 0 aliphatic carbocycles. The van der Waals surface area contributed by atoms with Gasteiger partial charge in [0, 0.05) is 30.8 Å². The van der Waals surface area contributed by atoms with E-state index in [1.165, 1.54) is 33.0 Å². The molecule has 1 aliphatic heterocycles. The number of benzene rings is 2. The highest BCUT2D eigenvalue weighted by molar-refractivity contribution is 5.71. The summed E-state index contributed by atoms with van der Waals surface area (Å²) in [7, 11) is 7.49. The van der Waals surface area contributed by atoms with Crippen molar-refractivity contribution in [1.82, 2.24) is 4.90 Å². The molecule has 0 amide bonds. The summed E-state index contributed by atoms with van der Waals surface area (Å²) in [4.78, 5) is 27.4. The van der Waals surface area contributed by atoms with Crippen molar-refractivity contribution >= 4 is 5.97 Å². The summed E-state index contributed by atoms with van der Waals surface area (Å²) in [5.41, 5.74) is 2.19. The summed E-state index contributed by atoms with van der Waals surface area (Å²) in [5.74, 6) is 0.673. The second-order valence-corrected chi connectivity index (χ2v) is 9.17. The Labute approximate surface area is 226 Å². The van der Waals surface area contributed by atoms with E-state index < -0.39 is 23.1 Å². The summed E-state index contributed by atoms with van der Waals surface area (Å²) in [6.45, 7) is 1.65. The van der Waals surface area contributed by atoms with Crippen LogP contribution in [0.5, 0.6) is 28.7 Å². The molecule has 1 aliphatic rings. The van der Waals surface area contributed by atoms with Crippen molar-refractivity contribution in [3.8, 4) is 28.7 Å². The first-order chi connectivity index (χ1) is 18.8. The first-order valence-electron chi connectivity index (χ1n) is 12.4. The minimum atomic E-state index is -0.843. The van der Waals surface area contributed by atoms with Crippen LogP contribution in [0.2, 0.25) is 0 Å². The highest BCUT2D eigenvalue weighted by atomic mass is 16.5. The number of rotatable bonds is 10.